The van der Waals surface area contributed by atoms with Crippen molar-refractivity contribution < 1.29 is 14.3 Å². The van der Waals surface area contributed by atoms with Gasteiger partial charge in [0.25, 0.3) is 0 Å². The van der Waals surface area contributed by atoms with Crippen molar-refractivity contribution in [3.8, 4) is 0 Å². The minimum absolute atomic E-state index is 0.0969. The molecule has 0 aromatic heterocycles. The van der Waals surface area contributed by atoms with Crippen LogP contribution in [-0.4, -0.2) is 43.3 Å². The van der Waals surface area contributed by atoms with Gasteiger partial charge in [-0.2, -0.15) is 0 Å². The SMILES string of the molecule is O=C(/C=C/c1ccc(Cl)cc1)OCC1CN(Cc2ccccc2)CCO1. The molecule has 5 heteroatoms. The first kappa shape index (κ1) is 18.6. The van der Waals surface area contributed by atoms with E-state index in [-0.39, 0.29) is 18.7 Å². The first-order valence-electron chi connectivity index (χ1n) is 8.67. The number of nitrogens with zero attached hydrogens (tertiary/aromatic N) is 1. The third-order valence-electron chi connectivity index (χ3n) is 4.17. The number of esters is 1. The van der Waals surface area contributed by atoms with Gasteiger partial charge in [-0.05, 0) is 29.3 Å². The third-order valence-corrected chi connectivity index (χ3v) is 4.42. The maximum absolute atomic E-state index is 11.9. The quantitative estimate of drug-likeness (QED) is 0.572. The van der Waals surface area contributed by atoms with E-state index in [0.29, 0.717) is 11.6 Å². The molecule has 1 aliphatic heterocycles. The molecule has 2 aromatic carbocycles. The van der Waals surface area contributed by atoms with Gasteiger partial charge >= 0.3 is 5.97 Å². The van der Waals surface area contributed by atoms with Gasteiger partial charge in [0.2, 0.25) is 0 Å². The van der Waals surface area contributed by atoms with E-state index in [1.54, 1.807) is 18.2 Å². The molecule has 1 atom stereocenters. The van der Waals surface area contributed by atoms with E-state index in [4.69, 9.17) is 21.1 Å². The monoisotopic (exact) mass is 371 g/mol. The summed E-state index contributed by atoms with van der Waals surface area (Å²) in [7, 11) is 0. The molecular formula is C21H22ClNO3. The van der Waals surface area contributed by atoms with Crippen LogP contribution in [0.25, 0.3) is 6.08 Å². The highest BCUT2D eigenvalue weighted by Gasteiger charge is 2.21. The number of hydrogen-bond donors (Lipinski definition) is 0. The molecule has 0 bridgehead atoms. The van der Waals surface area contributed by atoms with E-state index in [1.807, 2.05) is 30.3 Å². The largest absolute Gasteiger partial charge is 0.460 e. The Morgan fingerprint density at radius 3 is 2.73 bits per heavy atom. The maximum Gasteiger partial charge on any atom is 0.330 e. The molecule has 0 saturated carbocycles. The second kappa shape index (κ2) is 9.53. The van der Waals surface area contributed by atoms with Gasteiger partial charge < -0.3 is 9.47 Å². The number of halogens is 1. The van der Waals surface area contributed by atoms with Gasteiger partial charge in [0.15, 0.2) is 0 Å². The molecule has 1 unspecified atom stereocenters. The van der Waals surface area contributed by atoms with Crippen LogP contribution in [0.5, 0.6) is 0 Å². The predicted octanol–water partition coefficient (Wildman–Crippen LogP) is 3.80. The summed E-state index contributed by atoms with van der Waals surface area (Å²) in [5.41, 5.74) is 2.17. The van der Waals surface area contributed by atoms with Crippen LogP contribution in [0.3, 0.4) is 0 Å². The van der Waals surface area contributed by atoms with Crippen molar-refractivity contribution in [2.45, 2.75) is 12.6 Å². The van der Waals surface area contributed by atoms with Crippen LogP contribution in [0, 0.1) is 0 Å². The van der Waals surface area contributed by atoms with E-state index in [2.05, 4.69) is 17.0 Å². The Morgan fingerprint density at radius 2 is 1.96 bits per heavy atom. The number of benzene rings is 2. The zero-order chi connectivity index (χ0) is 18.2. The number of ether oxygens (including phenoxy) is 2. The summed E-state index contributed by atoms with van der Waals surface area (Å²) >= 11 is 5.84. The van der Waals surface area contributed by atoms with Crippen LogP contribution < -0.4 is 0 Å². The number of hydrogen-bond acceptors (Lipinski definition) is 4. The summed E-state index contributed by atoms with van der Waals surface area (Å²) in [6, 6.07) is 17.6. The van der Waals surface area contributed by atoms with E-state index in [1.165, 1.54) is 11.6 Å². The summed E-state index contributed by atoms with van der Waals surface area (Å²) < 4.78 is 11.0. The Morgan fingerprint density at radius 1 is 1.19 bits per heavy atom. The summed E-state index contributed by atoms with van der Waals surface area (Å²) in [5.74, 6) is -0.372. The van der Waals surface area contributed by atoms with Crippen molar-refractivity contribution in [3.05, 3.63) is 76.8 Å². The molecule has 0 aliphatic carbocycles. The number of carbonyl (C=O) groups excluding carboxylic acids is 1. The van der Waals surface area contributed by atoms with E-state index >= 15 is 0 Å². The minimum atomic E-state index is -0.372. The normalized spacial score (nSPS) is 18.1. The average Bonchev–Trinajstić information content (AvgIpc) is 2.67. The Bertz CT molecular complexity index is 731. The maximum atomic E-state index is 11.9. The standard InChI is InChI=1S/C21H22ClNO3/c22-19-9-6-17(7-10-19)8-11-21(24)26-16-20-15-23(12-13-25-20)14-18-4-2-1-3-5-18/h1-11,20H,12-16H2/b11-8+. The van der Waals surface area contributed by atoms with Crippen molar-refractivity contribution >= 4 is 23.6 Å². The Kier molecular flexibility index (Phi) is 6.83. The van der Waals surface area contributed by atoms with Gasteiger partial charge in [0.05, 0.1) is 6.61 Å². The van der Waals surface area contributed by atoms with Crippen LogP contribution in [0.2, 0.25) is 5.02 Å². The molecule has 3 rings (SSSR count). The molecule has 1 fully saturated rings. The highest BCUT2D eigenvalue weighted by Crippen LogP contribution is 2.12. The molecule has 26 heavy (non-hydrogen) atoms. The summed E-state index contributed by atoms with van der Waals surface area (Å²) in [5, 5.41) is 0.666. The zero-order valence-electron chi connectivity index (χ0n) is 14.5. The van der Waals surface area contributed by atoms with Gasteiger partial charge in [0.1, 0.15) is 12.7 Å². The van der Waals surface area contributed by atoms with Crippen LogP contribution in [0.15, 0.2) is 60.7 Å². The van der Waals surface area contributed by atoms with Gasteiger partial charge in [0, 0.05) is 30.7 Å². The summed E-state index contributed by atoms with van der Waals surface area (Å²) in [6.45, 7) is 3.43. The van der Waals surface area contributed by atoms with Crippen molar-refractivity contribution in [3.63, 3.8) is 0 Å². The highest BCUT2D eigenvalue weighted by atomic mass is 35.5. The first-order chi connectivity index (χ1) is 12.7. The molecule has 4 nitrogen and oxygen atoms in total. The lowest BCUT2D eigenvalue weighted by Crippen LogP contribution is -2.44. The van der Waals surface area contributed by atoms with Crippen molar-refractivity contribution in [2.75, 3.05) is 26.3 Å². The van der Waals surface area contributed by atoms with Gasteiger partial charge in [-0.3, -0.25) is 4.90 Å². The lowest BCUT2D eigenvalue weighted by Gasteiger charge is -2.32. The predicted molar refractivity (Wildman–Crippen MR) is 103 cm³/mol. The molecule has 136 valence electrons. The Hall–Kier alpha value is -2.14. The number of carbonyl (C=O) groups is 1. The van der Waals surface area contributed by atoms with Crippen LogP contribution in [0.1, 0.15) is 11.1 Å². The van der Waals surface area contributed by atoms with Crippen LogP contribution >= 0.6 is 11.6 Å². The Labute approximate surface area is 159 Å². The third kappa shape index (κ3) is 5.99. The molecule has 0 amide bonds. The minimum Gasteiger partial charge on any atom is -0.460 e. The highest BCUT2D eigenvalue weighted by molar-refractivity contribution is 6.30. The van der Waals surface area contributed by atoms with E-state index in [0.717, 1.165) is 25.2 Å². The molecule has 1 aliphatic rings. The second-order valence-electron chi connectivity index (χ2n) is 6.23. The van der Waals surface area contributed by atoms with Crippen LogP contribution in [0.4, 0.5) is 0 Å². The first-order valence-corrected chi connectivity index (χ1v) is 9.05. The van der Waals surface area contributed by atoms with Crippen LogP contribution in [-0.2, 0) is 20.8 Å². The van der Waals surface area contributed by atoms with E-state index < -0.39 is 0 Å². The molecule has 0 radical (unpaired) electrons. The number of morpholine rings is 1. The molecule has 0 spiro atoms. The van der Waals surface area contributed by atoms with Crippen molar-refractivity contribution in [1.29, 1.82) is 0 Å². The summed E-state index contributed by atoms with van der Waals surface area (Å²) in [6.07, 6.45) is 3.04. The summed E-state index contributed by atoms with van der Waals surface area (Å²) in [4.78, 5) is 14.2. The molecule has 1 heterocycles. The number of rotatable bonds is 6. The molecule has 1 saturated heterocycles. The fourth-order valence-corrected chi connectivity index (χ4v) is 2.95. The Balaban J connectivity index is 1.43. The van der Waals surface area contributed by atoms with Gasteiger partial charge in [-0.1, -0.05) is 54.1 Å². The lowest BCUT2D eigenvalue weighted by molar-refractivity contribution is -0.144. The zero-order valence-corrected chi connectivity index (χ0v) is 15.3. The fraction of sp³-hybridized carbons (Fsp3) is 0.286. The van der Waals surface area contributed by atoms with Crippen molar-refractivity contribution in [2.24, 2.45) is 0 Å². The second-order valence-corrected chi connectivity index (χ2v) is 6.66. The van der Waals surface area contributed by atoms with Gasteiger partial charge in [-0.25, -0.2) is 4.79 Å². The average molecular weight is 372 g/mol. The van der Waals surface area contributed by atoms with Gasteiger partial charge in [-0.15, -0.1) is 0 Å². The fourth-order valence-electron chi connectivity index (χ4n) is 2.83. The van der Waals surface area contributed by atoms with Crippen molar-refractivity contribution in [1.82, 2.24) is 4.90 Å². The molecular weight excluding hydrogens is 350 g/mol. The lowest BCUT2D eigenvalue weighted by atomic mass is 10.2. The molecule has 2 aromatic rings. The molecule has 0 N–H and O–H groups in total. The van der Waals surface area contributed by atoms with E-state index in [9.17, 15) is 4.79 Å². The topological polar surface area (TPSA) is 38.8 Å². The smallest absolute Gasteiger partial charge is 0.330 e.